The molecule has 0 aliphatic heterocycles. The van der Waals surface area contributed by atoms with Gasteiger partial charge in [-0.2, -0.15) is 0 Å². The first kappa shape index (κ1) is 30.3. The molecule has 0 heterocycles. The number of hydrogen-bond donors (Lipinski definition) is 4. The standard InChI is InChI=1S/C11H13BrO.C11H12.C2H4O2.BHNS.H3N/c12-8-11(13)7-3-5-9-4-1-2-6-10(9)11;1-9-5-4-7-10-6-2-3-8-11(9)10;1-2(3)4;1-2-3;/h1-2,4,6,13H,3,5,7-8H2;2-3,6,8H,1,4-5,7H2;1H3,(H,3,4);3H;1H3. The first-order chi connectivity index (χ1) is 14.8. The number of carbonyl (C=O) groups is 1. The van der Waals surface area contributed by atoms with Gasteiger partial charge in [-0.05, 0) is 66.4 Å². The molecule has 0 spiro atoms. The molecule has 2 aromatic carbocycles. The molecule has 4 rings (SSSR count). The minimum atomic E-state index is -0.833. The number of allylic oxidation sites excluding steroid dienone is 1. The van der Waals surface area contributed by atoms with E-state index in [-0.39, 0.29) is 6.15 Å². The second-order valence-electron chi connectivity index (χ2n) is 7.42. The van der Waals surface area contributed by atoms with Gasteiger partial charge in [-0.15, -0.1) is 0 Å². The summed E-state index contributed by atoms with van der Waals surface area (Å²) in [5.41, 5.74) is 5.96. The van der Waals surface area contributed by atoms with Crippen LogP contribution < -0.4 is 6.15 Å². The van der Waals surface area contributed by atoms with E-state index < -0.39 is 11.6 Å². The van der Waals surface area contributed by atoms with Crippen molar-refractivity contribution < 1.29 is 15.0 Å². The van der Waals surface area contributed by atoms with Crippen molar-refractivity contribution in [2.75, 3.05) is 5.33 Å². The summed E-state index contributed by atoms with van der Waals surface area (Å²) in [5, 5.41) is 18.3. The van der Waals surface area contributed by atoms with E-state index in [4.69, 9.17) is 9.90 Å². The number of carboxylic acids is 1. The number of alkyl halides is 1. The van der Waals surface area contributed by atoms with Gasteiger partial charge in [-0.1, -0.05) is 71.0 Å². The fourth-order valence-electron chi connectivity index (χ4n) is 3.75. The van der Waals surface area contributed by atoms with E-state index in [9.17, 15) is 5.11 Å². The average molecular weight is 520 g/mol. The van der Waals surface area contributed by atoms with Gasteiger partial charge in [-0.25, -0.2) is 0 Å². The molecule has 2 aliphatic rings. The van der Waals surface area contributed by atoms with Crippen LogP contribution in [-0.2, 0) is 23.2 Å². The summed E-state index contributed by atoms with van der Waals surface area (Å²) in [4.78, 5) is 9.00. The van der Waals surface area contributed by atoms with E-state index in [2.05, 4.69) is 77.6 Å². The number of aryl methyl sites for hydroxylation is 2. The number of benzene rings is 2. The molecule has 0 bridgehead atoms. The molecule has 0 amide bonds. The predicted octanol–water partition coefficient (Wildman–Crippen LogP) is 6.08. The topological polar surface area (TPSA) is 105 Å². The van der Waals surface area contributed by atoms with Gasteiger partial charge in [0.1, 0.15) is 0 Å². The second kappa shape index (κ2) is 16.0. The number of halogens is 1. The number of aliphatic hydroxyl groups is 1. The van der Waals surface area contributed by atoms with E-state index in [1.165, 1.54) is 41.5 Å². The zero-order valence-electron chi connectivity index (χ0n) is 18.6. The van der Waals surface area contributed by atoms with Crippen molar-refractivity contribution in [1.29, 1.82) is 0 Å². The summed E-state index contributed by atoms with van der Waals surface area (Å²) in [6, 6.07) is 16.8. The first-order valence-corrected chi connectivity index (χ1v) is 11.7. The molecule has 2 aromatic rings. The van der Waals surface area contributed by atoms with Gasteiger partial charge in [0.05, 0.1) is 5.60 Å². The molecule has 8 heteroatoms. The number of thiol groups is 1. The van der Waals surface area contributed by atoms with Crippen LogP contribution in [-0.4, -0.2) is 29.2 Å². The van der Waals surface area contributed by atoms with Crippen molar-refractivity contribution in [3.8, 4) is 0 Å². The zero-order chi connectivity index (χ0) is 23.3. The zero-order valence-corrected chi connectivity index (χ0v) is 21.1. The van der Waals surface area contributed by atoms with Gasteiger partial charge in [0.15, 0.2) is 0 Å². The van der Waals surface area contributed by atoms with Crippen molar-refractivity contribution in [1.82, 2.24) is 6.15 Å². The summed E-state index contributed by atoms with van der Waals surface area (Å²) in [7, 11) is 4.34. The summed E-state index contributed by atoms with van der Waals surface area (Å²) in [6.45, 7) is 5.14. The molecule has 0 saturated carbocycles. The molecular weight excluding hydrogens is 487 g/mol. The molecule has 0 fully saturated rings. The van der Waals surface area contributed by atoms with Crippen LogP contribution in [0.3, 0.4) is 0 Å². The fourth-order valence-corrected chi connectivity index (χ4v) is 4.33. The number of nitrogens with zero attached hydrogens (tertiary/aromatic N) is 1. The van der Waals surface area contributed by atoms with E-state index in [1.807, 2.05) is 18.2 Å². The summed E-state index contributed by atoms with van der Waals surface area (Å²) < 4.78 is 2.69. The van der Waals surface area contributed by atoms with E-state index in [0.29, 0.717) is 5.33 Å². The summed E-state index contributed by atoms with van der Waals surface area (Å²) in [6.07, 6.45) is 6.74. The maximum atomic E-state index is 10.3. The molecule has 1 atom stereocenters. The number of fused-ring (bicyclic) bond motifs is 2. The van der Waals surface area contributed by atoms with Crippen LogP contribution in [0.1, 0.15) is 54.9 Å². The molecule has 0 saturated heterocycles. The van der Waals surface area contributed by atoms with Crippen LogP contribution in [0, 0.1) is 0 Å². The molecule has 2 aliphatic carbocycles. The molecule has 1 radical (unpaired) electrons. The Hall–Kier alpha value is -1.74. The van der Waals surface area contributed by atoms with Crippen LogP contribution >= 0.6 is 28.7 Å². The number of rotatable bonds is 1. The molecule has 0 aromatic heterocycles. The number of aliphatic carboxylic acids is 1. The van der Waals surface area contributed by atoms with Gasteiger partial charge >= 0.3 is 24.8 Å². The Morgan fingerprint density at radius 2 is 1.62 bits per heavy atom. The van der Waals surface area contributed by atoms with Crippen LogP contribution in [0.4, 0.5) is 0 Å². The van der Waals surface area contributed by atoms with Gasteiger partial charge < -0.3 is 16.4 Å². The van der Waals surface area contributed by atoms with Crippen LogP contribution in [0.5, 0.6) is 0 Å². The van der Waals surface area contributed by atoms with Crippen LogP contribution in [0.15, 0.2) is 59.4 Å². The molecule has 1 unspecified atom stereocenters. The second-order valence-corrected chi connectivity index (χ2v) is 8.22. The van der Waals surface area contributed by atoms with Gasteiger partial charge in [-0.3, -0.25) is 4.79 Å². The van der Waals surface area contributed by atoms with E-state index in [1.54, 1.807) is 0 Å². The number of carboxylic acid groups (broad SMARTS) is 1. The Morgan fingerprint density at radius 3 is 2.19 bits per heavy atom. The van der Waals surface area contributed by atoms with Gasteiger partial charge in [0, 0.05) is 12.3 Å². The molecule has 5 nitrogen and oxygen atoms in total. The number of hydrogen-bond acceptors (Lipinski definition) is 5. The van der Waals surface area contributed by atoms with Crippen molar-refractivity contribution in [2.45, 2.75) is 51.0 Å². The Bertz CT molecular complexity index is 878. The predicted molar refractivity (Wildman–Crippen MR) is 141 cm³/mol. The van der Waals surface area contributed by atoms with Gasteiger partial charge in [0.25, 0.3) is 5.97 Å². The third kappa shape index (κ3) is 9.82. The maximum absolute atomic E-state index is 10.3. The van der Waals surface area contributed by atoms with E-state index >= 15 is 0 Å². The summed E-state index contributed by atoms with van der Waals surface area (Å²) in [5.74, 6) is -0.833. The molecule has 5 N–H and O–H groups in total. The average Bonchev–Trinajstić information content (AvgIpc) is 2.75. The van der Waals surface area contributed by atoms with E-state index in [0.717, 1.165) is 31.7 Å². The Morgan fingerprint density at radius 1 is 1.12 bits per heavy atom. The third-order valence-electron chi connectivity index (χ3n) is 5.10. The fraction of sp³-hybridized carbons (Fsp3) is 0.375. The Balaban J connectivity index is 0.000000460. The Kier molecular flexibility index (Phi) is 15.1. The quantitative estimate of drug-likeness (QED) is 0.208. The van der Waals surface area contributed by atoms with Crippen molar-refractivity contribution >= 4 is 47.9 Å². The molecule has 173 valence electrons. The van der Waals surface area contributed by atoms with Gasteiger partial charge in [0.2, 0.25) is 0 Å². The molecule has 32 heavy (non-hydrogen) atoms. The normalized spacial score (nSPS) is 17.7. The minimum absolute atomic E-state index is 0. The van der Waals surface area contributed by atoms with Crippen molar-refractivity contribution in [3.63, 3.8) is 0 Å². The first-order valence-electron chi connectivity index (χ1n) is 10.2. The third-order valence-corrected chi connectivity index (χ3v) is 6.03. The van der Waals surface area contributed by atoms with Crippen LogP contribution in [0.2, 0.25) is 0 Å². The van der Waals surface area contributed by atoms with Crippen molar-refractivity contribution in [3.05, 3.63) is 77.4 Å². The summed E-state index contributed by atoms with van der Waals surface area (Å²) >= 11 is 6.58. The SMILES string of the molecule is C=C1CCCc2ccccc21.CC(=O)O.N.OC1(CBr)CCCc2ccccc21.[B]=NS. The van der Waals surface area contributed by atoms with Crippen LogP contribution in [0.25, 0.3) is 5.57 Å². The monoisotopic (exact) mass is 519 g/mol. The van der Waals surface area contributed by atoms with Crippen molar-refractivity contribution in [2.24, 2.45) is 4.30 Å². The Labute approximate surface area is 206 Å². The molecular formula is C24H33BBrN2O3S.